The molecule has 0 heterocycles. The molecular formula is C24H28BrNO4. The number of amides is 1. The molecule has 0 aromatic heterocycles. The Morgan fingerprint density at radius 2 is 1.60 bits per heavy atom. The summed E-state index contributed by atoms with van der Waals surface area (Å²) < 4.78 is 6.18. The lowest BCUT2D eigenvalue weighted by Crippen LogP contribution is -2.39. The topological polar surface area (TPSA) is 72.5 Å². The van der Waals surface area contributed by atoms with Gasteiger partial charge in [0.25, 0.3) is 0 Å². The lowest BCUT2D eigenvalue weighted by Gasteiger charge is -2.20. The summed E-state index contributed by atoms with van der Waals surface area (Å²) in [5.41, 5.74) is 1.24. The predicted octanol–water partition coefficient (Wildman–Crippen LogP) is 4.27. The van der Waals surface area contributed by atoms with Crippen molar-refractivity contribution in [3.63, 3.8) is 0 Å². The Hall–Kier alpha value is -2.47. The van der Waals surface area contributed by atoms with Crippen LogP contribution in [0.25, 0.3) is 0 Å². The van der Waals surface area contributed by atoms with E-state index in [1.165, 1.54) is 0 Å². The van der Waals surface area contributed by atoms with E-state index in [2.05, 4.69) is 21.2 Å². The molecule has 0 aliphatic rings. The number of ether oxygens (including phenoxy) is 1. The van der Waals surface area contributed by atoms with E-state index in [1.54, 1.807) is 20.8 Å². The number of hydrogen-bond donors (Lipinski definition) is 1. The Morgan fingerprint density at radius 1 is 0.967 bits per heavy atom. The fourth-order valence-electron chi connectivity index (χ4n) is 3.01. The van der Waals surface area contributed by atoms with Crippen molar-refractivity contribution in [2.45, 2.75) is 45.6 Å². The molecule has 2 aromatic rings. The maximum Gasteiger partial charge on any atom is 0.325 e. The first kappa shape index (κ1) is 23.8. The number of carbonyl (C=O) groups is 3. The third-order valence-corrected chi connectivity index (χ3v) is 4.84. The van der Waals surface area contributed by atoms with Crippen LogP contribution in [0.1, 0.15) is 38.3 Å². The quantitative estimate of drug-likeness (QED) is 0.551. The molecule has 2 aromatic carbocycles. The lowest BCUT2D eigenvalue weighted by atomic mass is 9.91. The minimum Gasteiger partial charge on any atom is -0.459 e. The van der Waals surface area contributed by atoms with Gasteiger partial charge in [0.05, 0.1) is 0 Å². The van der Waals surface area contributed by atoms with E-state index in [0.717, 1.165) is 15.6 Å². The largest absolute Gasteiger partial charge is 0.459 e. The summed E-state index contributed by atoms with van der Waals surface area (Å²) in [6, 6.07) is 17.1. The van der Waals surface area contributed by atoms with Crippen molar-refractivity contribution in [3.8, 4) is 0 Å². The molecule has 160 valence electrons. The maximum absolute atomic E-state index is 12.8. The number of nitrogens with one attached hydrogen (secondary N) is 1. The van der Waals surface area contributed by atoms with E-state index in [0.29, 0.717) is 6.42 Å². The Morgan fingerprint density at radius 3 is 2.20 bits per heavy atom. The van der Waals surface area contributed by atoms with Gasteiger partial charge in [-0.2, -0.15) is 0 Å². The van der Waals surface area contributed by atoms with Crippen LogP contribution in [0.15, 0.2) is 59.1 Å². The summed E-state index contributed by atoms with van der Waals surface area (Å²) in [6.07, 6.45) is 0.788. The number of benzene rings is 2. The van der Waals surface area contributed by atoms with Crippen LogP contribution in [-0.4, -0.2) is 29.8 Å². The van der Waals surface area contributed by atoms with Gasteiger partial charge in [-0.1, -0.05) is 58.4 Å². The molecule has 1 N–H and O–H groups in total. The molecule has 5 nitrogen and oxygen atoms in total. The zero-order valence-electron chi connectivity index (χ0n) is 17.6. The van der Waals surface area contributed by atoms with Crippen LogP contribution < -0.4 is 5.32 Å². The van der Waals surface area contributed by atoms with Gasteiger partial charge in [-0.15, -0.1) is 0 Å². The predicted molar refractivity (Wildman–Crippen MR) is 120 cm³/mol. The smallest absolute Gasteiger partial charge is 0.325 e. The highest BCUT2D eigenvalue weighted by molar-refractivity contribution is 9.10. The number of rotatable bonds is 9. The van der Waals surface area contributed by atoms with E-state index in [9.17, 15) is 14.4 Å². The minimum atomic E-state index is -0.619. The number of halogens is 1. The Labute approximate surface area is 186 Å². The number of hydrogen-bond acceptors (Lipinski definition) is 4. The molecule has 0 spiro atoms. The molecular weight excluding hydrogens is 446 g/mol. The molecule has 0 unspecified atom stereocenters. The highest BCUT2D eigenvalue weighted by Crippen LogP contribution is 2.17. The van der Waals surface area contributed by atoms with E-state index >= 15 is 0 Å². The van der Waals surface area contributed by atoms with Gasteiger partial charge < -0.3 is 10.1 Å². The molecule has 2 rings (SSSR count). The van der Waals surface area contributed by atoms with Crippen molar-refractivity contribution in [1.82, 2.24) is 5.32 Å². The number of carbonyl (C=O) groups excluding carboxylic acids is 3. The Bertz CT molecular complexity index is 857. The van der Waals surface area contributed by atoms with Crippen molar-refractivity contribution < 1.29 is 19.1 Å². The lowest BCUT2D eigenvalue weighted by molar-refractivity contribution is -0.154. The molecule has 1 atom stereocenters. The van der Waals surface area contributed by atoms with Crippen LogP contribution in [0.4, 0.5) is 0 Å². The van der Waals surface area contributed by atoms with E-state index in [-0.39, 0.29) is 31.1 Å². The van der Waals surface area contributed by atoms with Crippen LogP contribution in [0.2, 0.25) is 0 Å². The second kappa shape index (κ2) is 11.1. The molecule has 1 amide bonds. The summed E-state index contributed by atoms with van der Waals surface area (Å²) in [5, 5.41) is 2.63. The van der Waals surface area contributed by atoms with Crippen LogP contribution >= 0.6 is 15.9 Å². The van der Waals surface area contributed by atoms with Gasteiger partial charge in [-0.25, -0.2) is 0 Å². The summed E-state index contributed by atoms with van der Waals surface area (Å²) in [4.78, 5) is 37.3. The normalized spacial score (nSPS) is 12.1. The summed E-state index contributed by atoms with van der Waals surface area (Å²) in [6.45, 7) is 5.09. The number of Topliss-reactive ketones (excluding diaryl/α,β-unsaturated/α-hetero) is 1. The summed E-state index contributed by atoms with van der Waals surface area (Å²) in [7, 11) is 0. The van der Waals surface area contributed by atoms with Crippen molar-refractivity contribution in [3.05, 3.63) is 70.2 Å². The van der Waals surface area contributed by atoms with Crippen molar-refractivity contribution in [1.29, 1.82) is 0 Å². The molecule has 0 saturated carbocycles. The Kier molecular flexibility index (Phi) is 8.78. The van der Waals surface area contributed by atoms with Gasteiger partial charge in [0.15, 0.2) is 0 Å². The molecule has 6 heteroatoms. The highest BCUT2D eigenvalue weighted by Gasteiger charge is 2.24. The van der Waals surface area contributed by atoms with Gasteiger partial charge in [0.2, 0.25) is 5.91 Å². The van der Waals surface area contributed by atoms with Crippen LogP contribution in [0, 0.1) is 5.92 Å². The monoisotopic (exact) mass is 473 g/mol. The average Bonchev–Trinajstić information content (AvgIpc) is 2.67. The summed E-state index contributed by atoms with van der Waals surface area (Å²) >= 11 is 3.38. The fourth-order valence-corrected chi connectivity index (χ4v) is 3.28. The van der Waals surface area contributed by atoms with Gasteiger partial charge in [0, 0.05) is 23.2 Å². The average molecular weight is 474 g/mol. The second-order valence-electron chi connectivity index (χ2n) is 8.24. The number of esters is 1. The summed E-state index contributed by atoms with van der Waals surface area (Å²) in [5.74, 6) is -1.41. The second-order valence-corrected chi connectivity index (χ2v) is 9.15. The Balaban J connectivity index is 2.02. The molecule has 0 aliphatic carbocycles. The fraction of sp³-hybridized carbons (Fsp3) is 0.375. The maximum atomic E-state index is 12.8. The third kappa shape index (κ3) is 8.91. The van der Waals surface area contributed by atoms with Gasteiger partial charge >= 0.3 is 5.97 Å². The molecule has 0 bridgehead atoms. The van der Waals surface area contributed by atoms with Gasteiger partial charge in [-0.05, 0) is 50.5 Å². The van der Waals surface area contributed by atoms with E-state index < -0.39 is 17.5 Å². The van der Waals surface area contributed by atoms with Crippen LogP contribution in [0.5, 0.6) is 0 Å². The van der Waals surface area contributed by atoms with Crippen molar-refractivity contribution in [2.24, 2.45) is 5.92 Å². The van der Waals surface area contributed by atoms with Crippen LogP contribution in [-0.2, 0) is 32.0 Å². The van der Waals surface area contributed by atoms with Gasteiger partial charge in [-0.3, -0.25) is 14.4 Å². The molecule has 0 aliphatic heterocycles. The zero-order valence-corrected chi connectivity index (χ0v) is 19.2. The molecule has 0 saturated heterocycles. The SMILES string of the molecule is CC(C)(C)OC(=O)CNC(=O)[C@@H](CC(=O)Cc1ccc(Br)cc1)Cc1ccccc1. The zero-order chi connectivity index (χ0) is 22.1. The van der Waals surface area contributed by atoms with E-state index in [4.69, 9.17) is 4.74 Å². The number of ketones is 1. The molecule has 0 radical (unpaired) electrons. The highest BCUT2D eigenvalue weighted by atomic mass is 79.9. The first-order chi connectivity index (χ1) is 14.1. The molecule has 0 fully saturated rings. The minimum absolute atomic E-state index is 0.0225. The van der Waals surface area contributed by atoms with Crippen molar-refractivity contribution >= 4 is 33.6 Å². The first-order valence-corrected chi connectivity index (χ1v) is 10.7. The van der Waals surface area contributed by atoms with Gasteiger partial charge in [0.1, 0.15) is 17.9 Å². The van der Waals surface area contributed by atoms with E-state index in [1.807, 2.05) is 54.6 Å². The van der Waals surface area contributed by atoms with Crippen molar-refractivity contribution in [2.75, 3.05) is 6.54 Å². The van der Waals surface area contributed by atoms with Crippen LogP contribution in [0.3, 0.4) is 0 Å². The molecule has 30 heavy (non-hydrogen) atoms. The standard InChI is InChI=1S/C24H28BrNO4/c1-24(2,3)30-22(28)16-26-23(29)19(13-17-7-5-4-6-8-17)15-21(27)14-18-9-11-20(25)12-10-18/h4-12,19H,13-16H2,1-3H3,(H,26,29)/t19-/m1/s1. The first-order valence-electron chi connectivity index (χ1n) is 9.92. The third-order valence-electron chi connectivity index (χ3n) is 4.31.